The molecule has 1 heterocycles. The summed E-state index contributed by atoms with van der Waals surface area (Å²) < 4.78 is 5.55. The molecule has 1 amide bonds. The number of carbonyl (C=O) groups is 1. The summed E-state index contributed by atoms with van der Waals surface area (Å²) in [5.41, 5.74) is 2.27. The van der Waals surface area contributed by atoms with Crippen molar-refractivity contribution in [2.45, 2.75) is 38.8 Å². The van der Waals surface area contributed by atoms with Crippen LogP contribution in [0.15, 0.2) is 66.3 Å². The number of likely N-dealkylation sites (N-methyl/N-ethyl adjacent to an activating group) is 1. The average molecular weight is 367 g/mol. The van der Waals surface area contributed by atoms with Gasteiger partial charge in [0.05, 0.1) is 5.54 Å². The van der Waals surface area contributed by atoms with E-state index in [1.54, 1.807) is 0 Å². The lowest BCUT2D eigenvalue weighted by atomic mass is 9.86. The molecule has 1 fully saturated rings. The van der Waals surface area contributed by atoms with Crippen molar-refractivity contribution in [2.75, 3.05) is 26.2 Å². The molecule has 0 spiro atoms. The van der Waals surface area contributed by atoms with Gasteiger partial charge in [-0.25, -0.2) is 4.79 Å². The number of benzene rings is 1. The first-order valence-electron chi connectivity index (χ1n) is 9.82. The van der Waals surface area contributed by atoms with Crippen molar-refractivity contribution in [3.63, 3.8) is 0 Å². The highest BCUT2D eigenvalue weighted by molar-refractivity contribution is 5.70. The molecule has 4 nitrogen and oxygen atoms in total. The predicted molar refractivity (Wildman–Crippen MR) is 109 cm³/mol. The van der Waals surface area contributed by atoms with Gasteiger partial charge in [0.2, 0.25) is 0 Å². The monoisotopic (exact) mass is 366 g/mol. The average Bonchev–Trinajstić information content (AvgIpc) is 2.94. The summed E-state index contributed by atoms with van der Waals surface area (Å²) in [6, 6.07) is 9.84. The minimum absolute atomic E-state index is 0.152. The lowest BCUT2D eigenvalue weighted by molar-refractivity contribution is -0.0236. The van der Waals surface area contributed by atoms with Gasteiger partial charge in [0.15, 0.2) is 0 Å². The number of carbonyl (C=O) groups excluding carboxylic acids is 1. The summed E-state index contributed by atoms with van der Waals surface area (Å²) in [6.45, 7) is 8.23. The third-order valence-corrected chi connectivity index (χ3v) is 5.46. The van der Waals surface area contributed by atoms with E-state index in [0.717, 1.165) is 44.6 Å². The van der Waals surface area contributed by atoms with Crippen LogP contribution < -0.4 is 0 Å². The van der Waals surface area contributed by atoms with Gasteiger partial charge in [0, 0.05) is 19.6 Å². The van der Waals surface area contributed by atoms with Gasteiger partial charge < -0.3 is 9.64 Å². The van der Waals surface area contributed by atoms with E-state index in [-0.39, 0.29) is 11.6 Å². The molecule has 144 valence electrons. The molecule has 1 aliphatic carbocycles. The Labute approximate surface area is 162 Å². The second kappa shape index (κ2) is 9.05. The zero-order chi connectivity index (χ0) is 19.1. The van der Waals surface area contributed by atoms with Gasteiger partial charge in [0.25, 0.3) is 0 Å². The Morgan fingerprint density at radius 1 is 1.22 bits per heavy atom. The SMILES string of the molecule is CCN(CC1=CC=CC=CC1)C[C@@]1(C)CCN1C(=O)OCc1ccccc1. The molecule has 27 heavy (non-hydrogen) atoms. The minimum Gasteiger partial charge on any atom is -0.445 e. The smallest absolute Gasteiger partial charge is 0.410 e. The molecular weight excluding hydrogens is 336 g/mol. The van der Waals surface area contributed by atoms with E-state index in [2.05, 4.69) is 49.1 Å². The van der Waals surface area contributed by atoms with Crippen molar-refractivity contribution < 1.29 is 9.53 Å². The van der Waals surface area contributed by atoms with Gasteiger partial charge in [-0.3, -0.25) is 4.90 Å². The van der Waals surface area contributed by atoms with Crippen molar-refractivity contribution >= 4 is 6.09 Å². The maximum absolute atomic E-state index is 12.6. The molecule has 0 radical (unpaired) electrons. The van der Waals surface area contributed by atoms with Crippen LogP contribution in [-0.4, -0.2) is 47.6 Å². The van der Waals surface area contributed by atoms with E-state index in [4.69, 9.17) is 4.74 Å². The Morgan fingerprint density at radius 2 is 2.04 bits per heavy atom. The van der Waals surface area contributed by atoms with Crippen LogP contribution in [0.5, 0.6) is 0 Å². The number of likely N-dealkylation sites (tertiary alicyclic amines) is 1. The third kappa shape index (κ3) is 5.10. The number of hydrogen-bond donors (Lipinski definition) is 0. The highest BCUT2D eigenvalue weighted by Crippen LogP contribution is 2.32. The van der Waals surface area contributed by atoms with Crippen molar-refractivity contribution in [2.24, 2.45) is 0 Å². The molecule has 3 rings (SSSR count). The van der Waals surface area contributed by atoms with Gasteiger partial charge in [-0.1, -0.05) is 73.2 Å². The van der Waals surface area contributed by atoms with E-state index in [9.17, 15) is 4.79 Å². The summed E-state index contributed by atoms with van der Waals surface area (Å²) in [4.78, 5) is 16.9. The number of ether oxygens (including phenoxy) is 1. The molecular formula is C23H30N2O2. The van der Waals surface area contributed by atoms with Crippen LogP contribution in [0.4, 0.5) is 4.79 Å². The van der Waals surface area contributed by atoms with Gasteiger partial charge in [-0.05, 0) is 31.9 Å². The first kappa shape index (κ1) is 19.4. The van der Waals surface area contributed by atoms with Crippen LogP contribution in [0.2, 0.25) is 0 Å². The third-order valence-electron chi connectivity index (χ3n) is 5.46. The number of amides is 1. The molecule has 1 aromatic rings. The van der Waals surface area contributed by atoms with E-state index in [1.165, 1.54) is 5.57 Å². The second-order valence-corrected chi connectivity index (χ2v) is 7.58. The number of nitrogens with zero attached hydrogens (tertiary/aromatic N) is 2. The minimum atomic E-state index is -0.205. The van der Waals surface area contributed by atoms with Gasteiger partial charge >= 0.3 is 6.09 Å². The molecule has 1 aromatic carbocycles. The Hall–Kier alpha value is -2.33. The predicted octanol–water partition coefficient (Wildman–Crippen LogP) is 4.55. The Morgan fingerprint density at radius 3 is 2.74 bits per heavy atom. The summed E-state index contributed by atoms with van der Waals surface area (Å²) in [6.07, 6.45) is 12.5. The van der Waals surface area contributed by atoms with Crippen molar-refractivity contribution in [1.29, 1.82) is 0 Å². The maximum atomic E-state index is 12.6. The van der Waals surface area contributed by atoms with Crippen molar-refractivity contribution in [3.05, 3.63) is 71.8 Å². The lowest BCUT2D eigenvalue weighted by Gasteiger charge is -2.51. The summed E-state index contributed by atoms with van der Waals surface area (Å²) in [7, 11) is 0. The molecule has 4 heteroatoms. The van der Waals surface area contributed by atoms with Crippen LogP contribution in [0.3, 0.4) is 0 Å². The highest BCUT2D eigenvalue weighted by Gasteiger charge is 2.45. The van der Waals surface area contributed by atoms with Crippen LogP contribution in [-0.2, 0) is 11.3 Å². The fraction of sp³-hybridized carbons (Fsp3) is 0.435. The molecule has 0 saturated carbocycles. The largest absolute Gasteiger partial charge is 0.445 e. The van der Waals surface area contributed by atoms with Crippen LogP contribution in [0.25, 0.3) is 0 Å². The molecule has 1 aliphatic heterocycles. The number of allylic oxidation sites excluding steroid dienone is 5. The molecule has 1 atom stereocenters. The molecule has 0 aromatic heterocycles. The van der Waals surface area contributed by atoms with Gasteiger partial charge in [0.1, 0.15) is 6.61 Å². The fourth-order valence-corrected chi connectivity index (χ4v) is 3.67. The second-order valence-electron chi connectivity index (χ2n) is 7.58. The number of hydrogen-bond acceptors (Lipinski definition) is 3. The van der Waals surface area contributed by atoms with E-state index < -0.39 is 0 Å². The first-order chi connectivity index (χ1) is 13.1. The zero-order valence-corrected chi connectivity index (χ0v) is 16.4. The quantitative estimate of drug-likeness (QED) is 0.710. The van der Waals surface area contributed by atoms with Crippen molar-refractivity contribution in [1.82, 2.24) is 9.80 Å². The summed E-state index contributed by atoms with van der Waals surface area (Å²) in [5, 5.41) is 0. The molecule has 0 unspecified atom stereocenters. The van der Waals surface area contributed by atoms with Gasteiger partial charge in [-0.15, -0.1) is 0 Å². The molecule has 0 bridgehead atoms. The molecule has 0 N–H and O–H groups in total. The summed E-state index contributed by atoms with van der Waals surface area (Å²) >= 11 is 0. The highest BCUT2D eigenvalue weighted by atomic mass is 16.6. The van der Waals surface area contributed by atoms with Crippen molar-refractivity contribution in [3.8, 4) is 0 Å². The van der Waals surface area contributed by atoms with Crippen LogP contribution >= 0.6 is 0 Å². The fourth-order valence-electron chi connectivity index (χ4n) is 3.67. The lowest BCUT2D eigenvalue weighted by Crippen LogP contribution is -2.65. The standard InChI is InChI=1S/C23H30N2O2/c1-3-24(17-20-11-7-4-5-8-12-20)19-23(2)15-16-25(23)22(26)27-18-21-13-9-6-10-14-21/h4-11,13-14H,3,12,15-19H2,1-2H3/t23-/m1/s1. The number of rotatable bonds is 7. The Bertz CT molecular complexity index is 723. The summed E-state index contributed by atoms with van der Waals surface area (Å²) in [5.74, 6) is 0. The Balaban J connectivity index is 1.54. The first-order valence-corrected chi connectivity index (χ1v) is 9.82. The molecule has 1 saturated heterocycles. The molecule has 2 aliphatic rings. The topological polar surface area (TPSA) is 32.8 Å². The van der Waals surface area contributed by atoms with E-state index in [0.29, 0.717) is 6.61 Å². The van der Waals surface area contributed by atoms with E-state index >= 15 is 0 Å². The maximum Gasteiger partial charge on any atom is 0.410 e. The van der Waals surface area contributed by atoms with Crippen LogP contribution in [0, 0.1) is 0 Å². The zero-order valence-electron chi connectivity index (χ0n) is 16.4. The van der Waals surface area contributed by atoms with E-state index in [1.807, 2.05) is 35.2 Å². The van der Waals surface area contributed by atoms with Gasteiger partial charge in [-0.2, -0.15) is 0 Å². The Kier molecular flexibility index (Phi) is 6.51. The normalized spacial score (nSPS) is 21.6. The van der Waals surface area contributed by atoms with Crippen LogP contribution in [0.1, 0.15) is 32.3 Å².